The molecule has 1 fully saturated rings. The number of aryl methyl sites for hydroxylation is 2. The highest BCUT2D eigenvalue weighted by Gasteiger charge is 2.22. The Morgan fingerprint density at radius 1 is 1.14 bits per heavy atom. The third kappa shape index (κ3) is 4.45. The fraction of sp³-hybridized carbons (Fsp3) is 0.364. The van der Waals surface area contributed by atoms with Crippen molar-refractivity contribution in [2.24, 2.45) is 0 Å². The molecule has 1 aliphatic rings. The molecule has 0 unspecified atom stereocenters. The van der Waals surface area contributed by atoms with E-state index in [4.69, 9.17) is 4.52 Å². The lowest BCUT2D eigenvalue weighted by Crippen LogP contribution is -2.49. The van der Waals surface area contributed by atoms with E-state index >= 15 is 0 Å². The Kier molecular flexibility index (Phi) is 5.55. The van der Waals surface area contributed by atoms with E-state index in [-0.39, 0.29) is 5.91 Å². The lowest BCUT2D eigenvalue weighted by Gasteiger charge is -2.35. The molecule has 0 radical (unpaired) electrons. The van der Waals surface area contributed by atoms with Gasteiger partial charge in [-0.1, -0.05) is 41.9 Å². The van der Waals surface area contributed by atoms with Gasteiger partial charge in [-0.2, -0.15) is 4.98 Å². The van der Waals surface area contributed by atoms with Crippen molar-refractivity contribution in [3.8, 4) is 11.4 Å². The summed E-state index contributed by atoms with van der Waals surface area (Å²) in [6.45, 7) is 6.98. The molecule has 7 nitrogen and oxygen atoms in total. The van der Waals surface area contributed by atoms with Gasteiger partial charge < -0.3 is 14.3 Å². The Morgan fingerprint density at radius 2 is 1.97 bits per heavy atom. The van der Waals surface area contributed by atoms with Crippen LogP contribution in [0, 0.1) is 6.92 Å². The van der Waals surface area contributed by atoms with Gasteiger partial charge >= 0.3 is 0 Å². The highest BCUT2D eigenvalue weighted by Crippen LogP contribution is 2.20. The first-order valence-electron chi connectivity index (χ1n) is 9.99. The summed E-state index contributed by atoms with van der Waals surface area (Å²) in [4.78, 5) is 25.7. The second-order valence-corrected chi connectivity index (χ2v) is 7.30. The maximum absolute atomic E-state index is 12.6. The summed E-state index contributed by atoms with van der Waals surface area (Å²) in [5, 5.41) is 3.98. The molecule has 3 aromatic rings. The maximum atomic E-state index is 12.6. The lowest BCUT2D eigenvalue weighted by atomic mass is 10.1. The number of hydrogen-bond acceptors (Lipinski definition) is 6. The van der Waals surface area contributed by atoms with Crippen molar-refractivity contribution in [1.29, 1.82) is 0 Å². The average Bonchev–Trinajstić information content (AvgIpc) is 3.23. The molecule has 3 heterocycles. The van der Waals surface area contributed by atoms with Gasteiger partial charge in [0.25, 0.3) is 0 Å². The van der Waals surface area contributed by atoms with E-state index in [2.05, 4.69) is 26.1 Å². The van der Waals surface area contributed by atoms with Crippen LogP contribution in [0.5, 0.6) is 0 Å². The van der Waals surface area contributed by atoms with Gasteiger partial charge in [0, 0.05) is 44.4 Å². The van der Waals surface area contributed by atoms with Crippen LogP contribution in [-0.4, -0.2) is 52.1 Å². The van der Waals surface area contributed by atoms with Gasteiger partial charge in [0.05, 0.1) is 6.42 Å². The number of carbonyl (C=O) groups excluding carboxylic acids is 1. The molecule has 150 valence electrons. The van der Waals surface area contributed by atoms with E-state index in [1.807, 2.05) is 49.1 Å². The van der Waals surface area contributed by atoms with Crippen LogP contribution >= 0.6 is 0 Å². The zero-order valence-electron chi connectivity index (χ0n) is 16.8. The van der Waals surface area contributed by atoms with E-state index < -0.39 is 0 Å². The van der Waals surface area contributed by atoms with Crippen LogP contribution in [0.3, 0.4) is 0 Å². The van der Waals surface area contributed by atoms with Crippen molar-refractivity contribution in [2.45, 2.75) is 26.7 Å². The molecule has 0 aliphatic carbocycles. The molecule has 0 atom stereocenters. The predicted octanol–water partition coefficient (Wildman–Crippen LogP) is 2.89. The number of carbonyl (C=O) groups is 1. The van der Waals surface area contributed by atoms with Gasteiger partial charge in [-0.3, -0.25) is 4.79 Å². The Bertz CT molecular complexity index is 975. The zero-order valence-corrected chi connectivity index (χ0v) is 16.8. The predicted molar refractivity (Wildman–Crippen MR) is 111 cm³/mol. The fourth-order valence-electron chi connectivity index (χ4n) is 3.51. The first-order chi connectivity index (χ1) is 14.1. The molecule has 1 aliphatic heterocycles. The summed E-state index contributed by atoms with van der Waals surface area (Å²) in [7, 11) is 0. The van der Waals surface area contributed by atoms with E-state index in [9.17, 15) is 4.79 Å². The number of anilines is 1. The number of amides is 1. The van der Waals surface area contributed by atoms with Gasteiger partial charge in [-0.25, -0.2) is 4.98 Å². The molecule has 7 heteroatoms. The van der Waals surface area contributed by atoms with Crippen LogP contribution < -0.4 is 4.90 Å². The lowest BCUT2D eigenvalue weighted by molar-refractivity contribution is -0.130. The molecule has 0 saturated carbocycles. The number of benzene rings is 1. The second-order valence-electron chi connectivity index (χ2n) is 7.30. The number of hydrogen-bond donors (Lipinski definition) is 0. The molecular formula is C22H25N5O2. The minimum Gasteiger partial charge on any atom is -0.353 e. The molecule has 0 spiro atoms. The molecule has 1 amide bonds. The van der Waals surface area contributed by atoms with E-state index in [0.29, 0.717) is 37.6 Å². The number of piperazine rings is 1. The SMILES string of the molecule is CCc1nc(-c2ccc(N3CCN(C(=O)Cc4cccc(C)c4)CC3)nc2)no1. The Balaban J connectivity index is 1.33. The minimum atomic E-state index is 0.183. The third-order valence-electron chi connectivity index (χ3n) is 5.17. The molecule has 4 rings (SSSR count). The third-order valence-corrected chi connectivity index (χ3v) is 5.17. The van der Waals surface area contributed by atoms with Gasteiger partial charge in [0.15, 0.2) is 0 Å². The van der Waals surface area contributed by atoms with E-state index in [1.54, 1.807) is 6.20 Å². The summed E-state index contributed by atoms with van der Waals surface area (Å²) in [6.07, 6.45) is 2.94. The number of nitrogens with zero attached hydrogens (tertiary/aromatic N) is 5. The van der Waals surface area contributed by atoms with Gasteiger partial charge in [-0.15, -0.1) is 0 Å². The molecule has 0 N–H and O–H groups in total. The van der Waals surface area contributed by atoms with Crippen molar-refractivity contribution in [3.05, 3.63) is 59.6 Å². The first kappa shape index (κ1) is 19.1. The normalized spacial score (nSPS) is 14.3. The zero-order chi connectivity index (χ0) is 20.2. The summed E-state index contributed by atoms with van der Waals surface area (Å²) in [5.74, 6) is 2.27. The number of pyridine rings is 1. The molecule has 2 aromatic heterocycles. The van der Waals surface area contributed by atoms with Gasteiger partial charge in [0.1, 0.15) is 5.82 Å². The monoisotopic (exact) mass is 391 g/mol. The van der Waals surface area contributed by atoms with Crippen LogP contribution in [0.2, 0.25) is 0 Å². The van der Waals surface area contributed by atoms with Crippen molar-refractivity contribution in [2.75, 3.05) is 31.1 Å². The van der Waals surface area contributed by atoms with Crippen molar-refractivity contribution < 1.29 is 9.32 Å². The minimum absolute atomic E-state index is 0.183. The topological polar surface area (TPSA) is 75.4 Å². The van der Waals surface area contributed by atoms with Gasteiger partial charge in [0.2, 0.25) is 17.6 Å². The molecular weight excluding hydrogens is 366 g/mol. The molecule has 1 saturated heterocycles. The molecule has 29 heavy (non-hydrogen) atoms. The van der Waals surface area contributed by atoms with Crippen molar-refractivity contribution in [1.82, 2.24) is 20.0 Å². The summed E-state index contributed by atoms with van der Waals surface area (Å²) >= 11 is 0. The van der Waals surface area contributed by atoms with Crippen molar-refractivity contribution in [3.63, 3.8) is 0 Å². The van der Waals surface area contributed by atoms with Gasteiger partial charge in [-0.05, 0) is 24.6 Å². The smallest absolute Gasteiger partial charge is 0.227 e. The molecule has 0 bridgehead atoms. The Labute approximate surface area is 170 Å². The van der Waals surface area contributed by atoms with E-state index in [0.717, 1.165) is 30.0 Å². The highest BCUT2D eigenvalue weighted by atomic mass is 16.5. The second kappa shape index (κ2) is 8.43. The summed E-state index contributed by atoms with van der Waals surface area (Å²) in [5.41, 5.74) is 3.09. The van der Waals surface area contributed by atoms with Crippen molar-refractivity contribution >= 4 is 11.7 Å². The van der Waals surface area contributed by atoms with Crippen LogP contribution in [0.4, 0.5) is 5.82 Å². The number of rotatable bonds is 5. The fourth-order valence-corrected chi connectivity index (χ4v) is 3.51. The summed E-state index contributed by atoms with van der Waals surface area (Å²) in [6, 6.07) is 12.1. The average molecular weight is 391 g/mol. The first-order valence-corrected chi connectivity index (χ1v) is 9.99. The van der Waals surface area contributed by atoms with Crippen LogP contribution in [-0.2, 0) is 17.6 Å². The Morgan fingerprint density at radius 3 is 2.62 bits per heavy atom. The molecule has 1 aromatic carbocycles. The van der Waals surface area contributed by atoms with Crippen LogP contribution in [0.15, 0.2) is 47.1 Å². The van der Waals surface area contributed by atoms with Crippen LogP contribution in [0.1, 0.15) is 23.9 Å². The largest absolute Gasteiger partial charge is 0.353 e. The Hall–Kier alpha value is -3.22. The highest BCUT2D eigenvalue weighted by molar-refractivity contribution is 5.79. The standard InChI is InChI=1S/C22H25N5O2/c1-3-20-24-22(25-29-20)18-7-8-19(23-15-18)26-9-11-27(12-10-26)21(28)14-17-6-4-5-16(2)13-17/h4-8,13,15H,3,9-12,14H2,1-2H3. The maximum Gasteiger partial charge on any atom is 0.227 e. The van der Waals surface area contributed by atoms with Crippen LogP contribution in [0.25, 0.3) is 11.4 Å². The van der Waals surface area contributed by atoms with E-state index in [1.165, 1.54) is 5.56 Å². The summed E-state index contributed by atoms with van der Waals surface area (Å²) < 4.78 is 5.16. The number of aromatic nitrogens is 3. The quantitative estimate of drug-likeness (QED) is 0.666.